The molecule has 1 aliphatic carbocycles. The van der Waals surface area contributed by atoms with Crippen LogP contribution in [0.3, 0.4) is 0 Å². The highest BCUT2D eigenvalue weighted by molar-refractivity contribution is 5.52. The molecule has 2 N–H and O–H groups in total. The highest BCUT2D eigenvalue weighted by atomic mass is 16.3. The molecule has 0 bridgehead atoms. The number of rotatable bonds is 4. The highest BCUT2D eigenvalue weighted by Crippen LogP contribution is 2.46. The zero-order valence-corrected chi connectivity index (χ0v) is 15.0. The van der Waals surface area contributed by atoms with Crippen LogP contribution in [0.15, 0.2) is 48.3 Å². The van der Waals surface area contributed by atoms with E-state index in [-0.39, 0.29) is 29.4 Å². The second kappa shape index (κ2) is 6.75. The van der Waals surface area contributed by atoms with Crippen molar-refractivity contribution in [3.8, 4) is 11.5 Å². The lowest BCUT2D eigenvalue weighted by molar-refractivity contribution is 0.402. The van der Waals surface area contributed by atoms with Gasteiger partial charge >= 0.3 is 0 Å². The van der Waals surface area contributed by atoms with Gasteiger partial charge in [0.1, 0.15) is 11.5 Å². The Hall–Kier alpha value is -2.56. The fourth-order valence-corrected chi connectivity index (χ4v) is 3.69. The largest absolute Gasteiger partial charge is 0.507 e. The smallest absolute Gasteiger partial charge is 0.123 e. The fourth-order valence-electron chi connectivity index (χ4n) is 3.69. The fraction of sp³-hybridized carbons (Fsp3) is 0.400. The predicted octanol–water partition coefficient (Wildman–Crippen LogP) is 4.31. The van der Waals surface area contributed by atoms with Gasteiger partial charge in [0.15, 0.2) is 0 Å². The van der Waals surface area contributed by atoms with E-state index in [0.717, 1.165) is 24.0 Å². The van der Waals surface area contributed by atoms with Crippen LogP contribution >= 0.6 is 0 Å². The van der Waals surface area contributed by atoms with E-state index >= 15 is 0 Å². The number of hydrogen-bond donors (Lipinski definition) is 2. The number of phenols is 2. The van der Waals surface area contributed by atoms with Crippen LogP contribution in [0.4, 0.5) is 0 Å². The Morgan fingerprint density at radius 3 is 2.40 bits per heavy atom. The molecule has 0 saturated carbocycles. The summed E-state index contributed by atoms with van der Waals surface area (Å²) in [5, 5.41) is 29.6. The molecule has 0 fully saturated rings. The van der Waals surface area contributed by atoms with E-state index in [1.165, 1.54) is 5.57 Å². The van der Waals surface area contributed by atoms with Gasteiger partial charge in [-0.05, 0) is 57.2 Å². The number of nitrogens with zero attached hydrogens (tertiary/aromatic N) is 3. The van der Waals surface area contributed by atoms with Crippen molar-refractivity contribution in [3.63, 3.8) is 0 Å². The van der Waals surface area contributed by atoms with E-state index in [0.29, 0.717) is 5.56 Å². The Morgan fingerprint density at radius 1 is 1.24 bits per heavy atom. The Labute approximate surface area is 148 Å². The predicted molar refractivity (Wildman–Crippen MR) is 97.6 cm³/mol. The molecule has 1 aromatic carbocycles. The van der Waals surface area contributed by atoms with Crippen molar-refractivity contribution in [2.45, 2.75) is 45.6 Å². The summed E-state index contributed by atoms with van der Waals surface area (Å²) >= 11 is 0. The minimum atomic E-state index is -0.179. The lowest BCUT2D eigenvalue weighted by Crippen LogP contribution is -2.17. The third-order valence-electron chi connectivity index (χ3n) is 5.14. The molecule has 0 spiro atoms. The minimum Gasteiger partial charge on any atom is -0.507 e. The van der Waals surface area contributed by atoms with Crippen LogP contribution in [-0.2, 0) is 0 Å². The lowest BCUT2D eigenvalue weighted by Gasteiger charge is -2.31. The molecule has 1 heterocycles. The van der Waals surface area contributed by atoms with Crippen LogP contribution in [-0.4, -0.2) is 25.2 Å². The highest BCUT2D eigenvalue weighted by Gasteiger charge is 2.30. The summed E-state index contributed by atoms with van der Waals surface area (Å²) in [6, 6.07) is 3.23. The molecule has 1 unspecified atom stereocenters. The molecular formula is C20H25N3O2. The topological polar surface area (TPSA) is 71.2 Å². The first-order valence-electron chi connectivity index (χ1n) is 8.62. The van der Waals surface area contributed by atoms with E-state index in [9.17, 15) is 10.2 Å². The monoisotopic (exact) mass is 339 g/mol. The molecule has 0 aliphatic heterocycles. The van der Waals surface area contributed by atoms with Crippen molar-refractivity contribution < 1.29 is 10.2 Å². The van der Waals surface area contributed by atoms with Crippen molar-refractivity contribution in [3.05, 3.63) is 59.5 Å². The van der Waals surface area contributed by atoms with Crippen LogP contribution in [0.1, 0.15) is 56.7 Å². The first-order valence-corrected chi connectivity index (χ1v) is 8.62. The van der Waals surface area contributed by atoms with Gasteiger partial charge in [-0.3, -0.25) is 0 Å². The second-order valence-corrected chi connectivity index (χ2v) is 7.03. The van der Waals surface area contributed by atoms with Crippen molar-refractivity contribution >= 4 is 0 Å². The van der Waals surface area contributed by atoms with Gasteiger partial charge in [0, 0.05) is 11.5 Å². The Balaban J connectivity index is 2.03. The van der Waals surface area contributed by atoms with Gasteiger partial charge in [-0.1, -0.05) is 23.8 Å². The number of hydrogen-bond acceptors (Lipinski definition) is 4. The SMILES string of the molecule is C=C(C)[C@@H]1CCC(C)=C[C@H]1c1c(O)cc(C(C)n2nccn2)cc1O. The third-order valence-corrected chi connectivity index (χ3v) is 5.14. The quantitative estimate of drug-likeness (QED) is 0.814. The van der Waals surface area contributed by atoms with E-state index in [1.54, 1.807) is 29.3 Å². The molecule has 3 atom stereocenters. The maximum absolute atomic E-state index is 10.7. The summed E-state index contributed by atoms with van der Waals surface area (Å²) in [6.45, 7) is 10.1. The molecule has 25 heavy (non-hydrogen) atoms. The summed E-state index contributed by atoms with van der Waals surface area (Å²) in [7, 11) is 0. The van der Waals surface area contributed by atoms with Crippen molar-refractivity contribution in [1.82, 2.24) is 15.0 Å². The van der Waals surface area contributed by atoms with Crippen LogP contribution in [0, 0.1) is 5.92 Å². The molecule has 5 heteroatoms. The lowest BCUT2D eigenvalue weighted by atomic mass is 9.73. The van der Waals surface area contributed by atoms with Gasteiger partial charge in [-0.15, -0.1) is 0 Å². The first-order chi connectivity index (χ1) is 11.9. The molecule has 5 nitrogen and oxygen atoms in total. The molecule has 1 aliphatic rings. The van der Waals surface area contributed by atoms with Crippen LogP contribution in [0.25, 0.3) is 0 Å². The zero-order chi connectivity index (χ0) is 18.1. The number of benzene rings is 1. The van der Waals surface area contributed by atoms with Crippen LogP contribution in [0.2, 0.25) is 0 Å². The number of aromatic nitrogens is 3. The van der Waals surface area contributed by atoms with E-state index in [4.69, 9.17) is 0 Å². The van der Waals surface area contributed by atoms with Gasteiger partial charge < -0.3 is 10.2 Å². The molecule has 2 aromatic rings. The average molecular weight is 339 g/mol. The van der Waals surface area contributed by atoms with Gasteiger partial charge in [-0.25, -0.2) is 0 Å². The van der Waals surface area contributed by atoms with Crippen LogP contribution < -0.4 is 0 Å². The van der Waals surface area contributed by atoms with Crippen LogP contribution in [0.5, 0.6) is 11.5 Å². The molecular weight excluding hydrogens is 314 g/mol. The Kier molecular flexibility index (Phi) is 4.66. The summed E-state index contributed by atoms with van der Waals surface area (Å²) in [6.07, 6.45) is 7.37. The van der Waals surface area contributed by atoms with Crippen molar-refractivity contribution in [1.29, 1.82) is 0 Å². The average Bonchev–Trinajstić information content (AvgIpc) is 3.07. The molecule has 132 valence electrons. The molecule has 1 aromatic heterocycles. The molecule has 0 saturated heterocycles. The zero-order valence-electron chi connectivity index (χ0n) is 15.0. The van der Waals surface area contributed by atoms with Gasteiger partial charge in [0.25, 0.3) is 0 Å². The third kappa shape index (κ3) is 3.31. The normalized spacial score (nSPS) is 21.6. The summed E-state index contributed by atoms with van der Waals surface area (Å²) in [5.41, 5.74) is 3.69. The van der Waals surface area contributed by atoms with Gasteiger partial charge in [0.2, 0.25) is 0 Å². The van der Waals surface area contributed by atoms with Gasteiger partial charge in [-0.2, -0.15) is 15.0 Å². The summed E-state index contributed by atoms with van der Waals surface area (Å²) in [4.78, 5) is 1.55. The second-order valence-electron chi connectivity index (χ2n) is 7.03. The first kappa shape index (κ1) is 17.3. The Bertz CT molecular complexity index is 785. The molecule has 0 radical (unpaired) electrons. The Morgan fingerprint density at radius 2 is 1.84 bits per heavy atom. The minimum absolute atomic E-state index is 0.0570. The molecule has 0 amide bonds. The van der Waals surface area contributed by atoms with E-state index in [1.807, 2.05) is 13.8 Å². The van der Waals surface area contributed by atoms with E-state index < -0.39 is 0 Å². The number of allylic oxidation sites excluding steroid dienone is 3. The standard InChI is InChI=1S/C20H25N3O2/c1-12(2)16-6-5-13(3)9-17(16)20-18(24)10-15(11-19(20)25)14(4)23-21-7-8-22-23/h7-11,14,16-17,24-25H,1,5-6H2,2-4H3/t14?,16-,17+/m0/s1. The van der Waals surface area contributed by atoms with Crippen molar-refractivity contribution in [2.24, 2.45) is 5.92 Å². The number of phenolic OH excluding ortho intramolecular Hbond substituents is 2. The number of aromatic hydroxyl groups is 2. The maximum Gasteiger partial charge on any atom is 0.123 e. The maximum atomic E-state index is 10.7. The van der Waals surface area contributed by atoms with Gasteiger partial charge in [0.05, 0.1) is 18.4 Å². The van der Waals surface area contributed by atoms with Crippen molar-refractivity contribution in [2.75, 3.05) is 0 Å². The summed E-state index contributed by atoms with van der Waals surface area (Å²) < 4.78 is 0. The molecule has 3 rings (SSSR count). The van der Waals surface area contributed by atoms with E-state index in [2.05, 4.69) is 29.8 Å². The summed E-state index contributed by atoms with van der Waals surface area (Å²) in [5.74, 6) is 0.377.